The Bertz CT molecular complexity index is 1050. The van der Waals surface area contributed by atoms with Gasteiger partial charge in [0.05, 0.1) is 24.8 Å². The van der Waals surface area contributed by atoms with E-state index in [1.54, 1.807) is 5.01 Å². The van der Waals surface area contributed by atoms with E-state index in [0.717, 1.165) is 36.1 Å². The molecule has 2 atom stereocenters. The number of fused-ring (bicyclic) bond motifs is 1. The van der Waals surface area contributed by atoms with E-state index >= 15 is 0 Å². The average molecular weight is 429 g/mol. The highest BCUT2D eigenvalue weighted by molar-refractivity contribution is 6.08. The third-order valence-electron chi connectivity index (χ3n) is 6.51. The van der Waals surface area contributed by atoms with Crippen LogP contribution in [0.15, 0.2) is 71.3 Å². The Hall–Kier alpha value is -3.25. The van der Waals surface area contributed by atoms with E-state index in [1.165, 1.54) is 5.57 Å². The largest absolute Gasteiger partial charge is 0.354 e. The molecule has 1 saturated carbocycles. The van der Waals surface area contributed by atoms with Crippen LogP contribution >= 0.6 is 0 Å². The van der Waals surface area contributed by atoms with Crippen LogP contribution in [0.2, 0.25) is 0 Å². The van der Waals surface area contributed by atoms with Crippen LogP contribution < -0.4 is 5.32 Å². The first-order valence-corrected chi connectivity index (χ1v) is 11.4. The van der Waals surface area contributed by atoms with Crippen molar-refractivity contribution in [1.29, 1.82) is 0 Å². The van der Waals surface area contributed by atoms with Crippen molar-refractivity contribution in [1.82, 2.24) is 15.2 Å². The first-order chi connectivity index (χ1) is 15.7. The van der Waals surface area contributed by atoms with Gasteiger partial charge in [0.15, 0.2) is 0 Å². The van der Waals surface area contributed by atoms with Crippen LogP contribution in [0.1, 0.15) is 36.4 Å². The fraction of sp³-hybridized carbons (Fsp3) is 0.346. The second-order valence-corrected chi connectivity index (χ2v) is 8.72. The second kappa shape index (κ2) is 9.09. The van der Waals surface area contributed by atoms with Crippen molar-refractivity contribution in [3.05, 3.63) is 77.4 Å². The summed E-state index contributed by atoms with van der Waals surface area (Å²) in [4.78, 5) is 27.1. The van der Waals surface area contributed by atoms with Gasteiger partial charge in [-0.2, -0.15) is 5.10 Å². The van der Waals surface area contributed by atoms with Crippen LogP contribution in [0.3, 0.4) is 0 Å². The number of hydrogen-bond acceptors (Lipinski definition) is 4. The third kappa shape index (κ3) is 4.23. The minimum atomic E-state index is -0.100. The van der Waals surface area contributed by atoms with Gasteiger partial charge in [0.25, 0.3) is 5.91 Å². The maximum Gasteiger partial charge on any atom is 0.257 e. The SMILES string of the molecule is O=C1CN(CC(=O)N2N=C3/C(=C/c4ccccc4)CCCC3C2c2ccccc2)CCN1. The molecule has 2 amide bonds. The number of carbonyl (C=O) groups is 2. The van der Waals surface area contributed by atoms with E-state index in [2.05, 4.69) is 35.7 Å². The van der Waals surface area contributed by atoms with Gasteiger partial charge >= 0.3 is 0 Å². The monoisotopic (exact) mass is 428 g/mol. The molecule has 3 aliphatic rings. The smallest absolute Gasteiger partial charge is 0.257 e. The number of nitrogens with one attached hydrogen (secondary N) is 1. The maximum atomic E-state index is 13.4. The van der Waals surface area contributed by atoms with E-state index < -0.39 is 0 Å². The number of benzene rings is 2. The number of hydrazone groups is 1. The molecule has 2 fully saturated rings. The number of hydrogen-bond donors (Lipinski definition) is 1. The average Bonchev–Trinajstić information content (AvgIpc) is 3.21. The summed E-state index contributed by atoms with van der Waals surface area (Å²) in [5.74, 6) is 0.113. The molecule has 1 saturated heterocycles. The van der Waals surface area contributed by atoms with Crippen molar-refractivity contribution < 1.29 is 9.59 Å². The van der Waals surface area contributed by atoms with Gasteiger partial charge in [-0.25, -0.2) is 5.01 Å². The number of piperazine rings is 1. The van der Waals surface area contributed by atoms with E-state index in [-0.39, 0.29) is 36.9 Å². The van der Waals surface area contributed by atoms with E-state index in [0.29, 0.717) is 13.1 Å². The zero-order valence-corrected chi connectivity index (χ0v) is 18.1. The lowest BCUT2D eigenvalue weighted by Gasteiger charge is -2.31. The van der Waals surface area contributed by atoms with Crippen LogP contribution in [0, 0.1) is 5.92 Å². The summed E-state index contributed by atoms with van der Waals surface area (Å²) in [5, 5.41) is 9.45. The van der Waals surface area contributed by atoms with Crippen molar-refractivity contribution in [3.63, 3.8) is 0 Å². The van der Waals surface area contributed by atoms with E-state index in [1.807, 2.05) is 41.3 Å². The summed E-state index contributed by atoms with van der Waals surface area (Å²) in [5.41, 5.74) is 4.54. The number of allylic oxidation sites excluding steroid dienone is 1. The molecule has 1 aliphatic carbocycles. The van der Waals surface area contributed by atoms with Crippen molar-refractivity contribution in [3.8, 4) is 0 Å². The molecule has 1 N–H and O–H groups in total. The Morgan fingerprint density at radius 1 is 1.09 bits per heavy atom. The molecule has 0 spiro atoms. The predicted octanol–water partition coefficient (Wildman–Crippen LogP) is 3.24. The standard InChI is InChI=1S/C26H28N4O2/c31-23-17-29(15-14-27-23)18-24(32)30-26(20-10-5-2-6-11-20)22-13-7-12-21(25(22)28-30)16-19-8-3-1-4-9-19/h1-6,8-11,16,22,26H,7,12-15,17-18H2,(H,27,31)/b21-16+. The van der Waals surface area contributed by atoms with Crippen LogP contribution in [0.25, 0.3) is 6.08 Å². The highest BCUT2D eigenvalue weighted by atomic mass is 16.2. The molecule has 2 unspecified atom stereocenters. The molecule has 164 valence electrons. The predicted molar refractivity (Wildman–Crippen MR) is 125 cm³/mol. The van der Waals surface area contributed by atoms with Crippen molar-refractivity contribution in [2.75, 3.05) is 26.2 Å². The lowest BCUT2D eigenvalue weighted by Crippen LogP contribution is -2.50. The molecule has 2 heterocycles. The van der Waals surface area contributed by atoms with E-state index in [4.69, 9.17) is 5.10 Å². The zero-order chi connectivity index (χ0) is 21.9. The van der Waals surface area contributed by atoms with Gasteiger partial charge < -0.3 is 5.32 Å². The Morgan fingerprint density at radius 2 is 1.84 bits per heavy atom. The first-order valence-electron chi connectivity index (χ1n) is 11.4. The van der Waals surface area contributed by atoms with Gasteiger partial charge in [0.2, 0.25) is 5.91 Å². The number of carbonyl (C=O) groups excluding carboxylic acids is 2. The molecule has 32 heavy (non-hydrogen) atoms. The highest BCUT2D eigenvalue weighted by Crippen LogP contribution is 2.44. The van der Waals surface area contributed by atoms with Crippen LogP contribution in [-0.2, 0) is 9.59 Å². The summed E-state index contributed by atoms with van der Waals surface area (Å²) in [6, 6.07) is 20.4. The summed E-state index contributed by atoms with van der Waals surface area (Å²) in [6.45, 7) is 1.72. The minimum Gasteiger partial charge on any atom is -0.354 e. The van der Waals surface area contributed by atoms with Crippen LogP contribution in [0.5, 0.6) is 0 Å². The number of nitrogens with zero attached hydrogens (tertiary/aromatic N) is 3. The zero-order valence-electron chi connectivity index (χ0n) is 18.1. The van der Waals surface area contributed by atoms with E-state index in [9.17, 15) is 9.59 Å². The Balaban J connectivity index is 1.47. The summed E-state index contributed by atoms with van der Waals surface area (Å²) < 4.78 is 0. The highest BCUT2D eigenvalue weighted by Gasteiger charge is 2.43. The van der Waals surface area contributed by atoms with Gasteiger partial charge in [0.1, 0.15) is 0 Å². The first kappa shape index (κ1) is 20.6. The topological polar surface area (TPSA) is 65.0 Å². The quantitative estimate of drug-likeness (QED) is 0.813. The molecule has 0 bridgehead atoms. The number of rotatable bonds is 4. The summed E-state index contributed by atoms with van der Waals surface area (Å²) in [6.07, 6.45) is 5.29. The van der Waals surface area contributed by atoms with Gasteiger partial charge in [0, 0.05) is 19.0 Å². The number of amides is 2. The normalized spacial score (nSPS) is 24.8. The summed E-state index contributed by atoms with van der Waals surface area (Å²) >= 11 is 0. The lowest BCUT2D eigenvalue weighted by atomic mass is 9.77. The third-order valence-corrected chi connectivity index (χ3v) is 6.51. The van der Waals surface area contributed by atoms with Crippen molar-refractivity contribution in [2.24, 2.45) is 11.0 Å². The Morgan fingerprint density at radius 3 is 2.59 bits per heavy atom. The molecule has 2 aliphatic heterocycles. The molecule has 0 aromatic heterocycles. The molecule has 6 nitrogen and oxygen atoms in total. The lowest BCUT2D eigenvalue weighted by molar-refractivity contribution is -0.136. The minimum absolute atomic E-state index is 0.0295. The summed E-state index contributed by atoms with van der Waals surface area (Å²) in [7, 11) is 0. The van der Waals surface area contributed by atoms with Gasteiger partial charge in [-0.3, -0.25) is 14.5 Å². The van der Waals surface area contributed by atoms with Crippen molar-refractivity contribution >= 4 is 23.6 Å². The fourth-order valence-electron chi connectivity index (χ4n) is 5.03. The fourth-order valence-corrected chi connectivity index (χ4v) is 5.03. The molecule has 2 aromatic rings. The van der Waals surface area contributed by atoms with Gasteiger partial charge in [-0.15, -0.1) is 0 Å². The Labute approximate surface area is 188 Å². The van der Waals surface area contributed by atoms with Crippen LogP contribution in [-0.4, -0.2) is 53.6 Å². The molecule has 2 aromatic carbocycles. The Kier molecular flexibility index (Phi) is 5.86. The van der Waals surface area contributed by atoms with Gasteiger partial charge in [-0.1, -0.05) is 60.7 Å². The second-order valence-electron chi connectivity index (χ2n) is 8.72. The van der Waals surface area contributed by atoms with Crippen LogP contribution in [0.4, 0.5) is 0 Å². The molecule has 0 radical (unpaired) electrons. The van der Waals surface area contributed by atoms with Gasteiger partial charge in [-0.05, 0) is 42.0 Å². The van der Waals surface area contributed by atoms with Crippen molar-refractivity contribution in [2.45, 2.75) is 25.3 Å². The molecular weight excluding hydrogens is 400 g/mol. The molecule has 5 rings (SSSR count). The molecular formula is C26H28N4O2. The molecule has 6 heteroatoms. The maximum absolute atomic E-state index is 13.4.